The van der Waals surface area contributed by atoms with E-state index in [1.807, 2.05) is 0 Å². The maximum absolute atomic E-state index is 2.59. The highest BCUT2D eigenvalue weighted by Crippen LogP contribution is 2.21. The molecular formula is C6H15Si3. The normalized spacial score (nSPS) is 28.3. The first kappa shape index (κ1) is 7.75. The van der Waals surface area contributed by atoms with E-state index in [2.05, 4.69) is 19.6 Å². The average Bonchev–Trinajstić information content (AvgIpc) is 1.77. The highest BCUT2D eigenvalue weighted by Gasteiger charge is 2.31. The molecule has 0 aromatic heterocycles. The van der Waals surface area contributed by atoms with Crippen molar-refractivity contribution in [2.45, 2.75) is 38.2 Å². The molecule has 1 aliphatic rings. The molecule has 0 aliphatic carbocycles. The Morgan fingerprint density at radius 3 is 2.44 bits per heavy atom. The van der Waals surface area contributed by atoms with E-state index in [0.717, 1.165) is 0 Å². The minimum Gasteiger partial charge on any atom is -0.0754 e. The Labute approximate surface area is 63.1 Å². The number of hydrogen-bond donors (Lipinski definition) is 0. The molecule has 0 nitrogen and oxygen atoms in total. The molecule has 0 saturated carbocycles. The molecule has 0 aromatic carbocycles. The van der Waals surface area contributed by atoms with Crippen LogP contribution in [0.1, 0.15) is 6.42 Å². The van der Waals surface area contributed by atoms with Gasteiger partial charge in [-0.25, -0.2) is 0 Å². The van der Waals surface area contributed by atoms with Crippen molar-refractivity contribution < 1.29 is 0 Å². The third kappa shape index (κ3) is 1.78. The van der Waals surface area contributed by atoms with E-state index in [1.165, 1.54) is 9.04 Å². The SMILES string of the molecule is C[Si]1[Si]CCC[Si]1(C)C. The summed E-state index contributed by atoms with van der Waals surface area (Å²) in [6, 6.07) is 3.20. The fraction of sp³-hybridized carbons (Fsp3) is 1.00. The van der Waals surface area contributed by atoms with Crippen LogP contribution in [0.3, 0.4) is 0 Å². The van der Waals surface area contributed by atoms with Gasteiger partial charge < -0.3 is 0 Å². The van der Waals surface area contributed by atoms with Crippen LogP contribution in [0.25, 0.3) is 0 Å². The summed E-state index contributed by atoms with van der Waals surface area (Å²) in [5.41, 5.74) is 0. The van der Waals surface area contributed by atoms with Crippen molar-refractivity contribution in [3.63, 3.8) is 0 Å². The lowest BCUT2D eigenvalue weighted by molar-refractivity contribution is 1.04. The lowest BCUT2D eigenvalue weighted by Gasteiger charge is -2.32. The Kier molecular flexibility index (Phi) is 2.34. The second-order valence-corrected chi connectivity index (χ2v) is 21.0. The van der Waals surface area contributed by atoms with Crippen LogP contribution >= 0.6 is 0 Å². The van der Waals surface area contributed by atoms with E-state index < -0.39 is 7.59 Å². The predicted octanol–water partition coefficient (Wildman–Crippen LogP) is 1.92. The molecule has 0 amide bonds. The quantitative estimate of drug-likeness (QED) is 0.489. The van der Waals surface area contributed by atoms with Crippen LogP contribution in [0, 0.1) is 0 Å². The third-order valence-electron chi connectivity index (χ3n) is 2.38. The summed E-state index contributed by atoms with van der Waals surface area (Å²) in [5.74, 6) is 0. The van der Waals surface area contributed by atoms with E-state index in [9.17, 15) is 0 Å². The molecule has 1 fully saturated rings. The first-order chi connectivity index (χ1) is 4.13. The van der Waals surface area contributed by atoms with Gasteiger partial charge in [-0.2, -0.15) is 0 Å². The zero-order valence-corrected chi connectivity index (χ0v) is 9.62. The molecule has 1 rings (SSSR count). The Bertz CT molecular complexity index is 100. The molecule has 3 radical (unpaired) electrons. The molecule has 0 N–H and O–H groups in total. The molecule has 0 spiro atoms. The van der Waals surface area contributed by atoms with Crippen LogP contribution in [0.2, 0.25) is 31.7 Å². The summed E-state index contributed by atoms with van der Waals surface area (Å²) in [6.45, 7) is 7.75. The minimum atomic E-state index is -0.580. The molecular weight excluding hydrogens is 156 g/mol. The van der Waals surface area contributed by atoms with Crippen molar-refractivity contribution in [3.05, 3.63) is 0 Å². The summed E-state index contributed by atoms with van der Waals surface area (Å²) in [5, 5.41) is 0. The number of hydrogen-bond acceptors (Lipinski definition) is 0. The van der Waals surface area contributed by atoms with Crippen LogP contribution in [0.5, 0.6) is 0 Å². The lowest BCUT2D eigenvalue weighted by atomic mass is 10.6. The van der Waals surface area contributed by atoms with Gasteiger partial charge in [-0.1, -0.05) is 38.2 Å². The second-order valence-electron chi connectivity index (χ2n) is 3.54. The van der Waals surface area contributed by atoms with E-state index >= 15 is 0 Å². The molecule has 9 heavy (non-hydrogen) atoms. The van der Waals surface area contributed by atoms with E-state index in [0.29, 0.717) is 0 Å². The van der Waals surface area contributed by atoms with Gasteiger partial charge in [0.2, 0.25) is 0 Å². The van der Waals surface area contributed by atoms with Gasteiger partial charge in [0.1, 0.15) is 0 Å². The predicted molar refractivity (Wildman–Crippen MR) is 49.1 cm³/mol. The summed E-state index contributed by atoms with van der Waals surface area (Å²) in [4.78, 5) is 0. The molecule has 0 aromatic rings. The summed E-state index contributed by atoms with van der Waals surface area (Å²) in [7, 11) is 1.01. The third-order valence-corrected chi connectivity index (χ3v) is 24.0. The molecule has 0 bridgehead atoms. The number of rotatable bonds is 0. The van der Waals surface area contributed by atoms with E-state index in [4.69, 9.17) is 0 Å². The Hall–Kier alpha value is 0.651. The van der Waals surface area contributed by atoms with Crippen molar-refractivity contribution in [3.8, 4) is 0 Å². The molecule has 51 valence electrons. The highest BCUT2D eigenvalue weighted by atomic mass is 29.6. The average molecular weight is 171 g/mol. The Balaban J connectivity index is 2.49. The maximum Gasteiger partial charge on any atom is 0.0354 e. The van der Waals surface area contributed by atoms with Crippen LogP contribution in [-0.4, -0.2) is 24.5 Å². The molecule has 3 heteroatoms. The molecule has 0 unspecified atom stereocenters. The van der Waals surface area contributed by atoms with Crippen LogP contribution in [0.4, 0.5) is 0 Å². The van der Waals surface area contributed by atoms with Gasteiger partial charge in [0.25, 0.3) is 0 Å². The van der Waals surface area contributed by atoms with E-state index in [1.54, 1.807) is 18.5 Å². The van der Waals surface area contributed by atoms with Crippen molar-refractivity contribution in [1.29, 1.82) is 0 Å². The molecule has 1 saturated heterocycles. The lowest BCUT2D eigenvalue weighted by Crippen LogP contribution is -2.50. The van der Waals surface area contributed by atoms with Gasteiger partial charge in [0.05, 0.1) is 0 Å². The largest absolute Gasteiger partial charge is 0.0754 e. The molecule has 1 aliphatic heterocycles. The van der Waals surface area contributed by atoms with Crippen LogP contribution < -0.4 is 0 Å². The fourth-order valence-corrected chi connectivity index (χ4v) is 15.5. The second kappa shape index (κ2) is 2.72. The monoisotopic (exact) mass is 171 g/mol. The maximum atomic E-state index is 2.59. The summed E-state index contributed by atoms with van der Waals surface area (Å²) in [6.07, 6.45) is 1.56. The van der Waals surface area contributed by atoms with E-state index in [-0.39, 0.29) is 7.83 Å². The van der Waals surface area contributed by atoms with Gasteiger partial charge in [0, 0.05) is 24.5 Å². The van der Waals surface area contributed by atoms with Gasteiger partial charge >= 0.3 is 0 Å². The first-order valence-electron chi connectivity index (χ1n) is 3.71. The summed E-state index contributed by atoms with van der Waals surface area (Å²) < 4.78 is 0. The van der Waals surface area contributed by atoms with Gasteiger partial charge in [-0.15, -0.1) is 0 Å². The van der Waals surface area contributed by atoms with Crippen molar-refractivity contribution in [1.82, 2.24) is 0 Å². The van der Waals surface area contributed by atoms with Crippen molar-refractivity contribution in [2.24, 2.45) is 0 Å². The van der Waals surface area contributed by atoms with Crippen molar-refractivity contribution >= 4 is 24.5 Å². The van der Waals surface area contributed by atoms with Gasteiger partial charge in [-0.3, -0.25) is 0 Å². The van der Waals surface area contributed by atoms with Gasteiger partial charge in [-0.05, 0) is 0 Å². The van der Waals surface area contributed by atoms with Crippen LogP contribution in [0.15, 0.2) is 0 Å². The smallest absolute Gasteiger partial charge is 0.0354 e. The summed E-state index contributed by atoms with van der Waals surface area (Å²) >= 11 is 0. The highest BCUT2D eigenvalue weighted by molar-refractivity contribution is 7.51. The van der Waals surface area contributed by atoms with Crippen LogP contribution in [-0.2, 0) is 0 Å². The fourth-order valence-electron chi connectivity index (χ4n) is 1.23. The molecule has 1 heterocycles. The Morgan fingerprint density at radius 1 is 1.44 bits per heavy atom. The van der Waals surface area contributed by atoms with Gasteiger partial charge in [0.15, 0.2) is 0 Å². The van der Waals surface area contributed by atoms with Crippen molar-refractivity contribution in [2.75, 3.05) is 0 Å². The topological polar surface area (TPSA) is 0 Å². The standard InChI is InChI=1S/C6H15Si3/c1-8-7-5-4-6-9(8,2)3/h4-6H2,1-3H3. The minimum absolute atomic E-state index is 0.197. The zero-order chi connectivity index (χ0) is 6.91. The first-order valence-corrected chi connectivity index (χ1v) is 12.1. The Morgan fingerprint density at radius 2 is 2.11 bits per heavy atom. The zero-order valence-electron chi connectivity index (χ0n) is 6.62. The molecule has 0 atom stereocenters.